The van der Waals surface area contributed by atoms with E-state index in [4.69, 9.17) is 9.47 Å². The van der Waals surface area contributed by atoms with Crippen molar-refractivity contribution in [2.24, 2.45) is 0 Å². The van der Waals surface area contributed by atoms with E-state index in [1.54, 1.807) is 0 Å². The van der Waals surface area contributed by atoms with Crippen molar-refractivity contribution in [2.75, 3.05) is 13.4 Å². The Bertz CT molecular complexity index is 274. The molecule has 0 fully saturated rings. The molecule has 0 radical (unpaired) electrons. The number of carbonyl (C=O) groups excluding carboxylic acids is 1. The van der Waals surface area contributed by atoms with Gasteiger partial charge in [-0.3, -0.25) is 4.79 Å². The molecule has 136 valence electrons. The smallest absolute Gasteiger partial charge is 0.189 e. The van der Waals surface area contributed by atoms with Crippen LogP contribution in [0.2, 0.25) is 0 Å². The molecule has 0 rings (SSSR count). The highest BCUT2D eigenvalue weighted by Gasteiger charge is 1.97. The maximum Gasteiger partial charge on any atom is 0.189 e. The van der Waals surface area contributed by atoms with Crippen LogP contribution in [0.3, 0.4) is 0 Å². The predicted molar refractivity (Wildman–Crippen MR) is 97.4 cm³/mol. The third-order valence-corrected chi connectivity index (χ3v) is 3.97. The molecule has 0 saturated carbocycles. The van der Waals surface area contributed by atoms with E-state index in [1.807, 2.05) is 6.08 Å². The maximum absolute atomic E-state index is 10.9. The van der Waals surface area contributed by atoms with Gasteiger partial charge in [-0.05, 0) is 25.3 Å². The Balaban J connectivity index is 3.42. The molecule has 3 nitrogen and oxygen atoms in total. The third kappa shape index (κ3) is 17.4. The lowest BCUT2D eigenvalue weighted by molar-refractivity contribution is -0.111. The first-order valence-electron chi connectivity index (χ1n) is 9.71. The third-order valence-electron chi connectivity index (χ3n) is 3.97. The zero-order valence-corrected chi connectivity index (χ0v) is 15.5. The molecule has 0 aliphatic rings. The first kappa shape index (κ1) is 22.2. The summed E-state index contributed by atoms with van der Waals surface area (Å²) in [5, 5.41) is 0. The maximum atomic E-state index is 10.9. The van der Waals surface area contributed by atoms with Gasteiger partial charge in [-0.1, -0.05) is 78.1 Å². The SMILES string of the molecule is CCCCCCCCCCCC=C(C=O)OCOCCCCC. The molecule has 0 heterocycles. The fraction of sp³-hybridized carbons (Fsp3) is 0.850. The molecule has 0 saturated heterocycles. The van der Waals surface area contributed by atoms with Crippen molar-refractivity contribution in [1.29, 1.82) is 0 Å². The monoisotopic (exact) mass is 326 g/mol. The molecule has 0 aliphatic heterocycles. The topological polar surface area (TPSA) is 35.5 Å². The first-order chi connectivity index (χ1) is 11.3. The molecule has 0 aliphatic carbocycles. The summed E-state index contributed by atoms with van der Waals surface area (Å²) in [6.07, 6.45) is 18.9. The zero-order chi connectivity index (χ0) is 17.0. The molecule has 0 amide bonds. The van der Waals surface area contributed by atoms with E-state index in [-0.39, 0.29) is 6.79 Å². The summed E-state index contributed by atoms with van der Waals surface area (Å²) in [5.74, 6) is 0.417. The van der Waals surface area contributed by atoms with Gasteiger partial charge in [0.2, 0.25) is 0 Å². The lowest BCUT2D eigenvalue weighted by atomic mass is 10.1. The number of allylic oxidation sites excluding steroid dienone is 2. The summed E-state index contributed by atoms with van der Waals surface area (Å²) in [6.45, 7) is 5.31. The lowest BCUT2D eigenvalue weighted by Gasteiger charge is -2.06. The van der Waals surface area contributed by atoms with Crippen LogP contribution in [-0.4, -0.2) is 19.7 Å². The van der Waals surface area contributed by atoms with Crippen LogP contribution < -0.4 is 0 Å². The van der Waals surface area contributed by atoms with Gasteiger partial charge in [0.25, 0.3) is 0 Å². The Hall–Kier alpha value is -0.830. The molecule has 0 spiro atoms. The summed E-state index contributed by atoms with van der Waals surface area (Å²) >= 11 is 0. The van der Waals surface area contributed by atoms with Crippen LogP contribution in [0.4, 0.5) is 0 Å². The summed E-state index contributed by atoms with van der Waals surface area (Å²) in [7, 11) is 0. The van der Waals surface area contributed by atoms with E-state index in [0.717, 1.165) is 25.5 Å². The molecular weight excluding hydrogens is 288 g/mol. The van der Waals surface area contributed by atoms with Gasteiger partial charge in [-0.25, -0.2) is 0 Å². The molecule has 0 bridgehead atoms. The van der Waals surface area contributed by atoms with Crippen molar-refractivity contribution in [3.05, 3.63) is 11.8 Å². The van der Waals surface area contributed by atoms with Gasteiger partial charge < -0.3 is 9.47 Å². The Labute approximate surface area is 143 Å². The standard InChI is InChI=1S/C20H38O3/c1-3-5-7-8-9-10-11-12-13-14-16-20(18-21)23-19-22-17-15-6-4-2/h16,18H,3-15,17,19H2,1-2H3. The summed E-state index contributed by atoms with van der Waals surface area (Å²) in [5.41, 5.74) is 0. The molecule has 23 heavy (non-hydrogen) atoms. The van der Waals surface area contributed by atoms with Gasteiger partial charge in [-0.15, -0.1) is 0 Å². The number of rotatable bonds is 18. The normalized spacial score (nSPS) is 11.7. The predicted octanol–water partition coefficient (Wildman–Crippen LogP) is 6.17. The van der Waals surface area contributed by atoms with Gasteiger partial charge in [0, 0.05) is 0 Å². The molecule has 0 N–H and O–H groups in total. The fourth-order valence-electron chi connectivity index (χ4n) is 2.46. The second-order valence-electron chi connectivity index (χ2n) is 6.22. The van der Waals surface area contributed by atoms with Crippen LogP contribution in [0.5, 0.6) is 0 Å². The Morgan fingerprint density at radius 3 is 1.96 bits per heavy atom. The van der Waals surface area contributed by atoms with E-state index in [1.165, 1.54) is 64.2 Å². The number of hydrogen-bond acceptors (Lipinski definition) is 3. The van der Waals surface area contributed by atoms with Crippen LogP contribution in [0.1, 0.15) is 97.3 Å². The minimum absolute atomic E-state index is 0.187. The van der Waals surface area contributed by atoms with Crippen LogP contribution in [0, 0.1) is 0 Å². The Kier molecular flexibility index (Phi) is 18.5. The van der Waals surface area contributed by atoms with E-state index < -0.39 is 0 Å². The largest absolute Gasteiger partial charge is 0.464 e. The average molecular weight is 327 g/mol. The van der Waals surface area contributed by atoms with Crippen molar-refractivity contribution in [3.8, 4) is 0 Å². The Morgan fingerprint density at radius 2 is 1.35 bits per heavy atom. The summed E-state index contributed by atoms with van der Waals surface area (Å²) in [6, 6.07) is 0. The number of hydrogen-bond donors (Lipinski definition) is 0. The Morgan fingerprint density at radius 1 is 0.783 bits per heavy atom. The number of aldehydes is 1. The molecule has 0 unspecified atom stereocenters. The van der Waals surface area contributed by atoms with Crippen LogP contribution in [-0.2, 0) is 14.3 Å². The molecule has 0 aromatic heterocycles. The van der Waals surface area contributed by atoms with Gasteiger partial charge in [0.1, 0.15) is 0 Å². The van der Waals surface area contributed by atoms with Crippen molar-refractivity contribution < 1.29 is 14.3 Å². The van der Waals surface area contributed by atoms with Gasteiger partial charge in [0.15, 0.2) is 18.8 Å². The van der Waals surface area contributed by atoms with Crippen molar-refractivity contribution in [2.45, 2.75) is 97.3 Å². The van der Waals surface area contributed by atoms with Crippen LogP contribution in [0.25, 0.3) is 0 Å². The molecular formula is C20H38O3. The highest BCUT2D eigenvalue weighted by Crippen LogP contribution is 2.11. The fourth-order valence-corrected chi connectivity index (χ4v) is 2.46. The summed E-state index contributed by atoms with van der Waals surface area (Å²) in [4.78, 5) is 10.9. The number of ether oxygens (including phenoxy) is 2. The molecule has 3 heteroatoms. The average Bonchev–Trinajstić information content (AvgIpc) is 2.57. The van der Waals surface area contributed by atoms with E-state index >= 15 is 0 Å². The van der Waals surface area contributed by atoms with Crippen molar-refractivity contribution >= 4 is 6.29 Å². The van der Waals surface area contributed by atoms with Gasteiger partial charge in [-0.2, -0.15) is 0 Å². The lowest BCUT2D eigenvalue weighted by Crippen LogP contribution is -2.02. The zero-order valence-electron chi connectivity index (χ0n) is 15.5. The second-order valence-corrected chi connectivity index (χ2v) is 6.22. The minimum atomic E-state index is 0.187. The number of carbonyl (C=O) groups is 1. The quantitative estimate of drug-likeness (QED) is 0.0993. The molecule has 0 atom stereocenters. The van der Waals surface area contributed by atoms with Crippen molar-refractivity contribution in [1.82, 2.24) is 0 Å². The highest BCUT2D eigenvalue weighted by molar-refractivity contribution is 5.69. The highest BCUT2D eigenvalue weighted by atomic mass is 16.7. The van der Waals surface area contributed by atoms with Gasteiger partial charge in [0.05, 0.1) is 6.61 Å². The summed E-state index contributed by atoms with van der Waals surface area (Å²) < 4.78 is 10.7. The van der Waals surface area contributed by atoms with E-state index in [2.05, 4.69) is 13.8 Å². The van der Waals surface area contributed by atoms with Crippen LogP contribution >= 0.6 is 0 Å². The van der Waals surface area contributed by atoms with Crippen molar-refractivity contribution in [3.63, 3.8) is 0 Å². The van der Waals surface area contributed by atoms with Gasteiger partial charge >= 0.3 is 0 Å². The minimum Gasteiger partial charge on any atom is -0.464 e. The van der Waals surface area contributed by atoms with Crippen LogP contribution in [0.15, 0.2) is 11.8 Å². The second kappa shape index (κ2) is 19.2. The molecule has 0 aromatic carbocycles. The van der Waals surface area contributed by atoms with E-state index in [0.29, 0.717) is 12.4 Å². The first-order valence-corrected chi connectivity index (χ1v) is 9.71. The molecule has 0 aromatic rings. The number of unbranched alkanes of at least 4 members (excludes halogenated alkanes) is 11. The van der Waals surface area contributed by atoms with E-state index in [9.17, 15) is 4.79 Å².